The maximum atomic E-state index is 13.0. The van der Waals surface area contributed by atoms with Crippen molar-refractivity contribution in [2.75, 3.05) is 0 Å². The number of halogens is 2. The zero-order chi connectivity index (χ0) is 10.3. The van der Waals surface area contributed by atoms with E-state index in [4.69, 9.17) is 10.0 Å². The van der Waals surface area contributed by atoms with Crippen molar-refractivity contribution in [2.24, 2.45) is 0 Å². The fraction of sp³-hybridized carbons (Fsp3) is 0. The summed E-state index contributed by atoms with van der Waals surface area (Å²) in [7, 11) is -1.50. The average molecular weight is 275 g/mol. The van der Waals surface area contributed by atoms with Crippen LogP contribution in [0.15, 0.2) is 22.7 Å². The molecule has 14 heavy (non-hydrogen) atoms. The zero-order valence-electron chi connectivity index (χ0n) is 6.87. The monoisotopic (exact) mass is 274 g/mol. The van der Waals surface area contributed by atoms with Crippen LogP contribution in [0, 0.1) is 5.82 Å². The quantitative estimate of drug-likeness (QED) is 0.774. The molecule has 2 rings (SSSR count). The summed E-state index contributed by atoms with van der Waals surface area (Å²) in [5.41, 5.74) is 0. The minimum Gasteiger partial charge on any atom is -0.423 e. The van der Waals surface area contributed by atoms with Crippen LogP contribution in [0.4, 0.5) is 4.39 Å². The van der Waals surface area contributed by atoms with Crippen LogP contribution in [0.25, 0.3) is 10.1 Å². The standard InChI is InChI=1S/C8H5BBrFO2S/c10-6-1-4(11)2-7-5(6)3-8(14-7)9(12)13/h1-3,12-13H. The van der Waals surface area contributed by atoms with Crippen molar-refractivity contribution in [3.63, 3.8) is 0 Å². The van der Waals surface area contributed by atoms with Crippen LogP contribution in [0.5, 0.6) is 0 Å². The van der Waals surface area contributed by atoms with Gasteiger partial charge in [-0.15, -0.1) is 11.3 Å². The Balaban J connectivity index is 2.70. The fourth-order valence-corrected chi connectivity index (χ4v) is 2.88. The van der Waals surface area contributed by atoms with Crippen LogP contribution in [0.2, 0.25) is 0 Å². The highest BCUT2D eigenvalue weighted by Crippen LogP contribution is 2.28. The molecular formula is C8H5BBrFO2S. The zero-order valence-corrected chi connectivity index (χ0v) is 9.27. The van der Waals surface area contributed by atoms with Crippen LogP contribution in [-0.2, 0) is 0 Å². The maximum Gasteiger partial charge on any atom is 0.499 e. The van der Waals surface area contributed by atoms with Crippen LogP contribution >= 0.6 is 27.3 Å². The number of fused-ring (bicyclic) bond motifs is 1. The summed E-state index contributed by atoms with van der Waals surface area (Å²) in [4.78, 5) is 0. The van der Waals surface area contributed by atoms with Gasteiger partial charge in [-0.05, 0) is 18.2 Å². The lowest BCUT2D eigenvalue weighted by atomic mass is 9.89. The van der Waals surface area contributed by atoms with Gasteiger partial charge in [-0.3, -0.25) is 0 Å². The van der Waals surface area contributed by atoms with Crippen LogP contribution in [0.3, 0.4) is 0 Å². The predicted octanol–water partition coefficient (Wildman–Crippen LogP) is 1.48. The lowest BCUT2D eigenvalue weighted by Crippen LogP contribution is -2.26. The van der Waals surface area contributed by atoms with Crippen molar-refractivity contribution >= 4 is 49.2 Å². The average Bonchev–Trinajstić information content (AvgIpc) is 2.47. The summed E-state index contributed by atoms with van der Waals surface area (Å²) in [5.74, 6) is -0.342. The van der Waals surface area contributed by atoms with E-state index in [9.17, 15) is 4.39 Å². The van der Waals surface area contributed by atoms with E-state index in [0.29, 0.717) is 13.9 Å². The van der Waals surface area contributed by atoms with Gasteiger partial charge in [-0.25, -0.2) is 4.39 Å². The molecule has 0 radical (unpaired) electrons. The predicted molar refractivity (Wildman–Crippen MR) is 59.3 cm³/mol. The summed E-state index contributed by atoms with van der Waals surface area (Å²) in [6.07, 6.45) is 0. The molecule has 0 fully saturated rings. The molecule has 2 nitrogen and oxygen atoms in total. The second kappa shape index (κ2) is 3.62. The third-order valence-electron chi connectivity index (χ3n) is 1.83. The van der Waals surface area contributed by atoms with Crippen molar-refractivity contribution < 1.29 is 14.4 Å². The molecule has 1 aromatic carbocycles. The molecule has 72 valence electrons. The largest absolute Gasteiger partial charge is 0.499 e. The van der Waals surface area contributed by atoms with E-state index in [1.54, 1.807) is 6.07 Å². The lowest BCUT2D eigenvalue weighted by Gasteiger charge is -1.93. The van der Waals surface area contributed by atoms with E-state index in [1.165, 1.54) is 12.1 Å². The van der Waals surface area contributed by atoms with E-state index in [1.807, 2.05) is 0 Å². The molecule has 0 unspecified atom stereocenters. The molecule has 0 aliphatic carbocycles. The number of hydrogen-bond donors (Lipinski definition) is 2. The van der Waals surface area contributed by atoms with Gasteiger partial charge in [0.25, 0.3) is 0 Å². The highest BCUT2D eigenvalue weighted by molar-refractivity contribution is 9.10. The highest BCUT2D eigenvalue weighted by atomic mass is 79.9. The van der Waals surface area contributed by atoms with E-state index in [0.717, 1.165) is 16.7 Å². The van der Waals surface area contributed by atoms with Crippen molar-refractivity contribution in [3.8, 4) is 0 Å². The smallest absolute Gasteiger partial charge is 0.423 e. The molecule has 0 saturated carbocycles. The second-order valence-electron chi connectivity index (χ2n) is 2.82. The molecule has 1 aromatic heterocycles. The Morgan fingerprint density at radius 3 is 2.64 bits per heavy atom. The first-order chi connectivity index (χ1) is 6.58. The van der Waals surface area contributed by atoms with E-state index in [2.05, 4.69) is 15.9 Å². The van der Waals surface area contributed by atoms with Crippen molar-refractivity contribution in [2.45, 2.75) is 0 Å². The summed E-state index contributed by atoms with van der Waals surface area (Å²) in [5, 5.41) is 18.7. The van der Waals surface area contributed by atoms with Gasteiger partial charge in [0.1, 0.15) is 5.82 Å². The van der Waals surface area contributed by atoms with Gasteiger partial charge >= 0.3 is 7.12 Å². The Morgan fingerprint density at radius 2 is 2.00 bits per heavy atom. The first-order valence-corrected chi connectivity index (χ1v) is 5.43. The number of rotatable bonds is 1. The van der Waals surface area contributed by atoms with Crippen LogP contribution in [-0.4, -0.2) is 17.2 Å². The number of hydrogen-bond acceptors (Lipinski definition) is 3. The molecule has 2 N–H and O–H groups in total. The molecule has 6 heteroatoms. The van der Waals surface area contributed by atoms with Crippen molar-refractivity contribution in [1.29, 1.82) is 0 Å². The van der Waals surface area contributed by atoms with Crippen LogP contribution < -0.4 is 4.78 Å². The fourth-order valence-electron chi connectivity index (χ4n) is 1.21. The Morgan fingerprint density at radius 1 is 1.29 bits per heavy atom. The van der Waals surface area contributed by atoms with Gasteiger partial charge < -0.3 is 10.0 Å². The Labute approximate surface area is 92.3 Å². The molecule has 0 atom stereocenters. The lowest BCUT2D eigenvalue weighted by molar-refractivity contribution is 0.427. The van der Waals surface area contributed by atoms with Crippen molar-refractivity contribution in [3.05, 3.63) is 28.5 Å². The van der Waals surface area contributed by atoms with Gasteiger partial charge in [0, 0.05) is 19.3 Å². The molecule has 0 amide bonds. The molecule has 0 saturated heterocycles. The third kappa shape index (κ3) is 1.70. The molecule has 2 aromatic rings. The molecule has 0 spiro atoms. The van der Waals surface area contributed by atoms with E-state index in [-0.39, 0.29) is 5.82 Å². The Kier molecular flexibility index (Phi) is 2.61. The number of benzene rings is 1. The summed E-state index contributed by atoms with van der Waals surface area (Å²) in [6, 6.07) is 4.35. The third-order valence-corrected chi connectivity index (χ3v) is 3.60. The highest BCUT2D eigenvalue weighted by Gasteiger charge is 2.16. The van der Waals surface area contributed by atoms with E-state index < -0.39 is 7.12 Å². The van der Waals surface area contributed by atoms with Gasteiger partial charge in [-0.1, -0.05) is 15.9 Å². The van der Waals surface area contributed by atoms with Crippen molar-refractivity contribution in [1.82, 2.24) is 0 Å². The minimum absolute atomic E-state index is 0.342. The Bertz CT molecular complexity index is 485. The molecule has 0 aliphatic heterocycles. The summed E-state index contributed by atoms with van der Waals surface area (Å²) >= 11 is 4.38. The van der Waals surface area contributed by atoms with Gasteiger partial charge in [0.05, 0.1) is 0 Å². The molecule has 0 bridgehead atoms. The van der Waals surface area contributed by atoms with Gasteiger partial charge in [0.15, 0.2) is 0 Å². The topological polar surface area (TPSA) is 40.5 Å². The SMILES string of the molecule is OB(O)c1cc2c(Br)cc(F)cc2s1. The summed E-state index contributed by atoms with van der Waals surface area (Å²) < 4.78 is 14.7. The Hall–Kier alpha value is -0.425. The second-order valence-corrected chi connectivity index (χ2v) is 4.79. The van der Waals surface area contributed by atoms with Gasteiger partial charge in [-0.2, -0.15) is 0 Å². The minimum atomic E-state index is -1.50. The molecule has 0 aliphatic rings. The maximum absolute atomic E-state index is 13.0. The molecular weight excluding hydrogens is 270 g/mol. The molecule has 1 heterocycles. The van der Waals surface area contributed by atoms with E-state index >= 15 is 0 Å². The van der Waals surface area contributed by atoms with Gasteiger partial charge in [0.2, 0.25) is 0 Å². The normalized spacial score (nSPS) is 10.9. The summed E-state index contributed by atoms with van der Waals surface area (Å²) in [6.45, 7) is 0. The first kappa shape index (κ1) is 10.1. The number of thiophene rings is 1. The van der Waals surface area contributed by atoms with Crippen LogP contribution in [0.1, 0.15) is 0 Å². The first-order valence-electron chi connectivity index (χ1n) is 3.82.